The van der Waals surface area contributed by atoms with E-state index in [0.717, 1.165) is 12.8 Å². The fourth-order valence-corrected chi connectivity index (χ4v) is 2.87. The van der Waals surface area contributed by atoms with Gasteiger partial charge in [-0.25, -0.2) is 4.98 Å². The molecule has 0 spiro atoms. The third kappa shape index (κ3) is 3.13. The normalized spacial score (nSPS) is 26.6. The van der Waals surface area contributed by atoms with Gasteiger partial charge in [0.05, 0.1) is 12.9 Å². The van der Waals surface area contributed by atoms with E-state index < -0.39 is 31.1 Å². The molecule has 5 N–H and O–H groups in total. The highest BCUT2D eigenvalue weighted by Crippen LogP contribution is 2.32. The Morgan fingerprint density at radius 3 is 2.60 bits per heavy atom. The number of aliphatic hydroxyl groups is 3. The lowest BCUT2D eigenvalue weighted by molar-refractivity contribution is -0.0511. The highest BCUT2D eigenvalue weighted by atomic mass is 16.6. The first-order chi connectivity index (χ1) is 12.0. The summed E-state index contributed by atoms with van der Waals surface area (Å²) in [6.45, 7) is 3.58. The largest absolute Gasteiger partial charge is 0.460 e. The van der Waals surface area contributed by atoms with Crippen molar-refractivity contribution in [3.63, 3.8) is 0 Å². The lowest BCUT2D eigenvalue weighted by Gasteiger charge is -2.17. The number of nitrogens with two attached hydrogens (primary N) is 1. The second-order valence-corrected chi connectivity index (χ2v) is 6.00. The van der Waals surface area contributed by atoms with E-state index in [1.165, 1.54) is 10.9 Å². The van der Waals surface area contributed by atoms with Crippen molar-refractivity contribution in [2.24, 2.45) is 0 Å². The summed E-state index contributed by atoms with van der Waals surface area (Å²) in [6, 6.07) is 0.118. The van der Waals surface area contributed by atoms with Crippen LogP contribution in [0.4, 0.5) is 5.82 Å². The molecule has 0 aliphatic carbocycles. The van der Waals surface area contributed by atoms with Crippen LogP contribution < -0.4 is 10.5 Å². The number of imidazole rings is 1. The lowest BCUT2D eigenvalue weighted by atomic mass is 10.1. The van der Waals surface area contributed by atoms with Gasteiger partial charge in [-0.05, 0) is 12.8 Å². The Balaban J connectivity index is 1.98. The van der Waals surface area contributed by atoms with Crippen molar-refractivity contribution < 1.29 is 24.8 Å². The van der Waals surface area contributed by atoms with Crippen LogP contribution in [0.2, 0.25) is 0 Å². The number of nitrogens with zero attached hydrogens (tertiary/aromatic N) is 4. The van der Waals surface area contributed by atoms with Crippen LogP contribution in [0.15, 0.2) is 6.33 Å². The summed E-state index contributed by atoms with van der Waals surface area (Å²) in [7, 11) is 0. The van der Waals surface area contributed by atoms with Gasteiger partial charge in [0.2, 0.25) is 0 Å². The molecule has 3 rings (SSSR count). The van der Waals surface area contributed by atoms with Gasteiger partial charge in [0.1, 0.15) is 24.4 Å². The van der Waals surface area contributed by atoms with E-state index in [9.17, 15) is 15.3 Å². The Bertz CT molecular complexity index is 734. The zero-order valence-electron chi connectivity index (χ0n) is 14.1. The summed E-state index contributed by atoms with van der Waals surface area (Å²) >= 11 is 0. The van der Waals surface area contributed by atoms with Crippen molar-refractivity contribution in [3.05, 3.63) is 6.33 Å². The van der Waals surface area contributed by atoms with E-state index in [4.69, 9.17) is 15.2 Å². The Morgan fingerprint density at radius 1 is 1.28 bits per heavy atom. The van der Waals surface area contributed by atoms with E-state index >= 15 is 0 Å². The first-order valence-electron chi connectivity index (χ1n) is 8.29. The van der Waals surface area contributed by atoms with Crippen LogP contribution in [0.25, 0.3) is 11.2 Å². The molecule has 1 fully saturated rings. The number of hydrogen-bond donors (Lipinski definition) is 4. The van der Waals surface area contributed by atoms with Gasteiger partial charge >= 0.3 is 6.01 Å². The fraction of sp³-hybridized carbons (Fsp3) is 0.667. The van der Waals surface area contributed by atoms with Gasteiger partial charge in [0.15, 0.2) is 23.2 Å². The van der Waals surface area contributed by atoms with Gasteiger partial charge < -0.3 is 30.5 Å². The van der Waals surface area contributed by atoms with Crippen LogP contribution >= 0.6 is 0 Å². The number of aliphatic hydroxyl groups excluding tert-OH is 3. The maximum atomic E-state index is 10.2. The van der Waals surface area contributed by atoms with Gasteiger partial charge in [0, 0.05) is 0 Å². The molecule has 3 heterocycles. The van der Waals surface area contributed by atoms with E-state index in [2.05, 4.69) is 15.0 Å². The first kappa shape index (κ1) is 17.8. The average molecular weight is 353 g/mol. The molecular weight excluding hydrogens is 330 g/mol. The molecular formula is C15H23N5O5. The zero-order chi connectivity index (χ0) is 18.1. The number of ether oxygens (including phenoxy) is 2. The molecule has 0 amide bonds. The highest BCUT2D eigenvalue weighted by molar-refractivity contribution is 5.82. The van der Waals surface area contributed by atoms with Crippen LogP contribution in [-0.2, 0) is 4.74 Å². The minimum absolute atomic E-state index is 0.0397. The van der Waals surface area contributed by atoms with Crippen molar-refractivity contribution in [3.8, 4) is 6.01 Å². The Kier molecular flexibility index (Phi) is 5.04. The summed E-state index contributed by atoms with van der Waals surface area (Å²) in [5.41, 5.74) is 6.61. The van der Waals surface area contributed by atoms with Gasteiger partial charge in [-0.3, -0.25) is 4.57 Å². The maximum absolute atomic E-state index is 10.2. The second kappa shape index (κ2) is 7.08. The molecule has 0 aromatic carbocycles. The molecule has 2 aromatic heterocycles. The van der Waals surface area contributed by atoms with Crippen LogP contribution in [0.1, 0.15) is 32.9 Å². The third-order valence-corrected chi connectivity index (χ3v) is 4.40. The highest BCUT2D eigenvalue weighted by Gasteiger charge is 2.44. The van der Waals surface area contributed by atoms with Crippen molar-refractivity contribution in [1.29, 1.82) is 0 Å². The molecule has 25 heavy (non-hydrogen) atoms. The Hall–Kier alpha value is -2.01. The zero-order valence-corrected chi connectivity index (χ0v) is 14.1. The van der Waals surface area contributed by atoms with E-state index in [0.29, 0.717) is 11.2 Å². The predicted molar refractivity (Wildman–Crippen MR) is 87.7 cm³/mol. The fourth-order valence-electron chi connectivity index (χ4n) is 2.87. The number of rotatable bonds is 6. The van der Waals surface area contributed by atoms with E-state index in [1.54, 1.807) is 0 Å². The number of aromatic nitrogens is 4. The number of nitrogen functional groups attached to an aromatic ring is 1. The smallest absolute Gasteiger partial charge is 0.320 e. The first-order valence-corrected chi connectivity index (χ1v) is 8.29. The van der Waals surface area contributed by atoms with Crippen LogP contribution in [0, 0.1) is 0 Å². The number of anilines is 1. The SMILES string of the molecule is CCC(CC)Oc1nc(N)c2ncn([C@@H]3O[C@H](CO)[C@@H](O)[C@H]3O)c2n1. The van der Waals surface area contributed by atoms with Crippen molar-refractivity contribution >= 4 is 17.0 Å². The van der Waals surface area contributed by atoms with Crippen LogP contribution in [0.3, 0.4) is 0 Å². The summed E-state index contributed by atoms with van der Waals surface area (Å²) in [5.74, 6) is 0.149. The topological polar surface area (TPSA) is 149 Å². The van der Waals surface area contributed by atoms with Crippen LogP contribution in [-0.4, -0.2) is 65.9 Å². The minimum atomic E-state index is -1.24. The summed E-state index contributed by atoms with van der Waals surface area (Å²) < 4.78 is 12.7. The lowest BCUT2D eigenvalue weighted by Crippen LogP contribution is -2.33. The standard InChI is InChI=1S/C15H23N5O5/c1-3-7(4-2)24-15-18-12(16)9-13(19-15)20(6-17-9)14-11(23)10(22)8(5-21)25-14/h6-8,10-11,14,21-23H,3-5H2,1-2H3,(H2,16,18,19)/t8-,10-,11-,14-/m1/s1. The molecule has 10 nitrogen and oxygen atoms in total. The summed E-state index contributed by atoms with van der Waals surface area (Å²) in [5, 5.41) is 29.4. The molecule has 1 aliphatic rings. The molecule has 2 aromatic rings. The molecule has 138 valence electrons. The van der Waals surface area contributed by atoms with Gasteiger partial charge in [0.25, 0.3) is 0 Å². The van der Waals surface area contributed by atoms with E-state index in [1.807, 2.05) is 13.8 Å². The van der Waals surface area contributed by atoms with Crippen LogP contribution in [0.5, 0.6) is 6.01 Å². The molecule has 1 aliphatic heterocycles. The second-order valence-electron chi connectivity index (χ2n) is 6.00. The van der Waals surface area contributed by atoms with Crippen molar-refractivity contribution in [2.75, 3.05) is 12.3 Å². The molecule has 0 bridgehead atoms. The molecule has 0 unspecified atom stereocenters. The van der Waals surface area contributed by atoms with Crippen molar-refractivity contribution in [1.82, 2.24) is 19.5 Å². The van der Waals surface area contributed by atoms with Gasteiger partial charge in [-0.2, -0.15) is 9.97 Å². The Labute approximate surface area is 144 Å². The number of fused-ring (bicyclic) bond motifs is 1. The van der Waals surface area contributed by atoms with Gasteiger partial charge in [-0.1, -0.05) is 13.8 Å². The van der Waals surface area contributed by atoms with Gasteiger partial charge in [-0.15, -0.1) is 0 Å². The summed E-state index contributed by atoms with van der Waals surface area (Å²) in [6.07, 6.45) is -1.35. The molecule has 0 saturated carbocycles. The van der Waals surface area contributed by atoms with Crippen molar-refractivity contribution in [2.45, 2.75) is 57.3 Å². The number of hydrogen-bond acceptors (Lipinski definition) is 9. The Morgan fingerprint density at radius 2 is 2.00 bits per heavy atom. The monoisotopic (exact) mass is 353 g/mol. The molecule has 1 saturated heterocycles. The molecule has 4 atom stereocenters. The quantitative estimate of drug-likeness (QED) is 0.543. The minimum Gasteiger partial charge on any atom is -0.460 e. The maximum Gasteiger partial charge on any atom is 0.320 e. The van der Waals surface area contributed by atoms with E-state index in [-0.39, 0.29) is 17.9 Å². The summed E-state index contributed by atoms with van der Waals surface area (Å²) in [4.78, 5) is 12.6. The molecule has 0 radical (unpaired) electrons. The average Bonchev–Trinajstić information content (AvgIpc) is 3.15. The predicted octanol–water partition coefficient (Wildman–Crippen LogP) is -0.413. The molecule has 10 heteroatoms. The third-order valence-electron chi connectivity index (χ3n) is 4.40.